The third-order valence-corrected chi connectivity index (χ3v) is 7.67. The normalized spacial score (nSPS) is 12.6. The van der Waals surface area contributed by atoms with Crippen molar-refractivity contribution in [1.82, 2.24) is 9.78 Å². The third-order valence-electron chi connectivity index (χ3n) is 7.67. The van der Waals surface area contributed by atoms with Crippen molar-refractivity contribution in [2.75, 3.05) is 18.1 Å². The molecule has 0 fully saturated rings. The molecular weight excluding hydrogens is 534 g/mol. The second kappa shape index (κ2) is 12.3. The zero-order valence-electron chi connectivity index (χ0n) is 23.7. The van der Waals surface area contributed by atoms with Gasteiger partial charge in [-0.1, -0.05) is 24.3 Å². The van der Waals surface area contributed by atoms with Crippen LogP contribution in [0.2, 0.25) is 0 Å². The first-order valence-electron chi connectivity index (χ1n) is 14.0. The highest BCUT2D eigenvalue weighted by molar-refractivity contribution is 5.96. The molecule has 0 spiro atoms. The number of rotatable bonds is 10. The second-order valence-electron chi connectivity index (χ2n) is 10.6. The summed E-state index contributed by atoms with van der Waals surface area (Å²) in [7, 11) is 0. The van der Waals surface area contributed by atoms with Gasteiger partial charge in [-0.3, -0.25) is 9.48 Å². The van der Waals surface area contributed by atoms with Crippen molar-refractivity contribution < 1.29 is 29.3 Å². The van der Waals surface area contributed by atoms with Gasteiger partial charge in [0.25, 0.3) is 0 Å². The van der Waals surface area contributed by atoms with Crippen LogP contribution in [0, 0.1) is 13.8 Å². The molecule has 0 radical (unpaired) electrons. The standard InChI is InChI=1S/C33H33N3O6/c1-21-7-3-11-30(22(21)2)42-14-6-12-31(37)36-13-5-9-28-27(8-4-10-29(28)36)26-18-34-35(20-26)19-23-15-24(32(38)39)17-25(16-23)33(40)41/h3-4,7-8,10-11,15-18,20H,5-6,9,12-14,19H2,1-2H3,(H,38,39)(H,40,41). The summed E-state index contributed by atoms with van der Waals surface area (Å²) < 4.78 is 7.60. The number of anilines is 1. The van der Waals surface area contributed by atoms with Crippen LogP contribution in [0.3, 0.4) is 0 Å². The fourth-order valence-electron chi connectivity index (χ4n) is 5.38. The highest BCUT2D eigenvalue weighted by Crippen LogP contribution is 2.36. The van der Waals surface area contributed by atoms with Gasteiger partial charge in [0.2, 0.25) is 5.91 Å². The zero-order chi connectivity index (χ0) is 29.8. The molecule has 3 aromatic carbocycles. The number of carbonyl (C=O) groups excluding carboxylic acids is 1. The van der Waals surface area contributed by atoms with Crippen LogP contribution in [0.4, 0.5) is 5.69 Å². The van der Waals surface area contributed by atoms with Crippen LogP contribution >= 0.6 is 0 Å². The van der Waals surface area contributed by atoms with Crippen LogP contribution in [-0.2, 0) is 17.8 Å². The Morgan fingerprint density at radius 2 is 1.71 bits per heavy atom. The molecule has 0 aliphatic carbocycles. The Kier molecular flexibility index (Phi) is 8.38. The van der Waals surface area contributed by atoms with Crippen LogP contribution in [0.15, 0.2) is 67.0 Å². The molecule has 1 aliphatic rings. The van der Waals surface area contributed by atoms with Crippen molar-refractivity contribution in [2.45, 2.75) is 46.1 Å². The molecule has 9 nitrogen and oxygen atoms in total. The number of aromatic nitrogens is 2. The maximum absolute atomic E-state index is 13.3. The Bertz CT molecular complexity index is 1630. The summed E-state index contributed by atoms with van der Waals surface area (Å²) in [5.74, 6) is -1.46. The number of carbonyl (C=O) groups is 3. The number of hydrogen-bond donors (Lipinski definition) is 2. The Morgan fingerprint density at radius 1 is 0.976 bits per heavy atom. The van der Waals surface area contributed by atoms with E-state index in [0.717, 1.165) is 52.6 Å². The predicted octanol–water partition coefficient (Wildman–Crippen LogP) is 5.75. The number of carboxylic acid groups (broad SMARTS) is 2. The lowest BCUT2D eigenvalue weighted by molar-refractivity contribution is -0.118. The summed E-state index contributed by atoms with van der Waals surface area (Å²) in [6.45, 7) is 5.44. The average molecular weight is 568 g/mol. The van der Waals surface area contributed by atoms with Gasteiger partial charge in [-0.2, -0.15) is 5.10 Å². The van der Waals surface area contributed by atoms with Crippen molar-refractivity contribution in [3.8, 4) is 16.9 Å². The lowest BCUT2D eigenvalue weighted by atomic mass is 9.93. The van der Waals surface area contributed by atoms with Gasteiger partial charge < -0.3 is 19.8 Å². The summed E-state index contributed by atoms with van der Waals surface area (Å²) >= 11 is 0. The number of ether oxygens (including phenoxy) is 1. The van der Waals surface area contributed by atoms with Crippen molar-refractivity contribution in [2.24, 2.45) is 0 Å². The zero-order valence-corrected chi connectivity index (χ0v) is 23.7. The Balaban J connectivity index is 1.29. The first-order valence-corrected chi connectivity index (χ1v) is 14.0. The van der Waals surface area contributed by atoms with Gasteiger partial charge in [0.15, 0.2) is 0 Å². The van der Waals surface area contributed by atoms with Crippen molar-refractivity contribution in [1.29, 1.82) is 0 Å². The van der Waals surface area contributed by atoms with E-state index in [1.165, 1.54) is 17.7 Å². The van der Waals surface area contributed by atoms with E-state index in [1.807, 2.05) is 48.4 Å². The van der Waals surface area contributed by atoms with Crippen LogP contribution in [0.25, 0.3) is 11.1 Å². The number of benzene rings is 3. The van der Waals surface area contributed by atoms with Crippen LogP contribution in [0.5, 0.6) is 5.75 Å². The topological polar surface area (TPSA) is 122 Å². The van der Waals surface area contributed by atoms with Gasteiger partial charge in [-0.25, -0.2) is 9.59 Å². The molecule has 4 aromatic rings. The van der Waals surface area contributed by atoms with Gasteiger partial charge in [0.05, 0.1) is 30.5 Å². The number of carboxylic acids is 2. The van der Waals surface area contributed by atoms with E-state index in [2.05, 4.69) is 18.1 Å². The van der Waals surface area contributed by atoms with Crippen LogP contribution < -0.4 is 9.64 Å². The van der Waals surface area contributed by atoms with Gasteiger partial charge in [0.1, 0.15) is 5.75 Å². The molecule has 0 saturated heterocycles. The number of aromatic carboxylic acids is 2. The van der Waals surface area contributed by atoms with Crippen LogP contribution in [0.1, 0.15) is 62.2 Å². The highest BCUT2D eigenvalue weighted by Gasteiger charge is 2.25. The number of amides is 1. The SMILES string of the molecule is Cc1cccc(OCCCC(=O)N2CCCc3c(-c4cnn(Cc5cc(C(=O)O)cc(C(=O)O)c5)c4)cccc32)c1C. The van der Waals surface area contributed by atoms with Crippen molar-refractivity contribution in [3.63, 3.8) is 0 Å². The smallest absolute Gasteiger partial charge is 0.335 e. The lowest BCUT2D eigenvalue weighted by Gasteiger charge is -2.31. The summed E-state index contributed by atoms with van der Waals surface area (Å²) in [5, 5.41) is 23.2. The summed E-state index contributed by atoms with van der Waals surface area (Å²) in [5.41, 5.74) is 6.49. The minimum Gasteiger partial charge on any atom is -0.493 e. The molecule has 2 N–H and O–H groups in total. The molecule has 0 atom stereocenters. The summed E-state index contributed by atoms with van der Waals surface area (Å²) in [6.07, 6.45) is 6.29. The Hall–Kier alpha value is -4.92. The molecule has 2 heterocycles. The number of nitrogens with zero attached hydrogens (tertiary/aromatic N) is 3. The van der Waals surface area contributed by atoms with Crippen molar-refractivity contribution in [3.05, 3.63) is 100 Å². The van der Waals surface area contributed by atoms with Crippen LogP contribution in [-0.4, -0.2) is 51.0 Å². The van der Waals surface area contributed by atoms with Gasteiger partial charge in [0, 0.05) is 30.4 Å². The Labute approximate surface area is 244 Å². The van der Waals surface area contributed by atoms with Gasteiger partial charge in [-0.15, -0.1) is 0 Å². The molecule has 5 rings (SSSR count). The fraction of sp³-hybridized carbons (Fsp3) is 0.273. The first-order chi connectivity index (χ1) is 20.2. The number of hydrogen-bond acceptors (Lipinski definition) is 5. The fourth-order valence-corrected chi connectivity index (χ4v) is 5.38. The van der Waals surface area contributed by atoms with E-state index >= 15 is 0 Å². The maximum atomic E-state index is 13.3. The van der Waals surface area contributed by atoms with E-state index in [9.17, 15) is 24.6 Å². The molecule has 42 heavy (non-hydrogen) atoms. The number of fused-ring (bicyclic) bond motifs is 1. The van der Waals surface area contributed by atoms with E-state index in [1.54, 1.807) is 10.9 Å². The van der Waals surface area contributed by atoms with E-state index < -0.39 is 11.9 Å². The minimum atomic E-state index is -1.19. The van der Waals surface area contributed by atoms with E-state index in [0.29, 0.717) is 31.6 Å². The van der Waals surface area contributed by atoms with E-state index in [-0.39, 0.29) is 23.6 Å². The average Bonchev–Trinajstić information content (AvgIpc) is 3.44. The summed E-state index contributed by atoms with van der Waals surface area (Å²) in [6, 6.07) is 16.0. The Morgan fingerprint density at radius 3 is 2.45 bits per heavy atom. The lowest BCUT2D eigenvalue weighted by Crippen LogP contribution is -2.35. The van der Waals surface area contributed by atoms with Gasteiger partial charge >= 0.3 is 11.9 Å². The molecule has 1 aliphatic heterocycles. The molecule has 1 aromatic heterocycles. The second-order valence-corrected chi connectivity index (χ2v) is 10.6. The van der Waals surface area contributed by atoms with Crippen molar-refractivity contribution >= 4 is 23.5 Å². The molecular formula is C33H33N3O6. The minimum absolute atomic E-state index is 0.0703. The number of aryl methyl sites for hydroxylation is 1. The molecule has 0 bridgehead atoms. The predicted molar refractivity (Wildman–Crippen MR) is 158 cm³/mol. The van der Waals surface area contributed by atoms with Gasteiger partial charge in [-0.05, 0) is 91.3 Å². The van der Waals surface area contributed by atoms with E-state index in [4.69, 9.17) is 4.74 Å². The third kappa shape index (κ3) is 6.20. The highest BCUT2D eigenvalue weighted by atomic mass is 16.5. The molecule has 216 valence electrons. The first kappa shape index (κ1) is 28.6. The largest absolute Gasteiger partial charge is 0.493 e. The molecule has 9 heteroatoms. The molecule has 0 unspecified atom stereocenters. The monoisotopic (exact) mass is 567 g/mol. The molecule has 1 amide bonds. The maximum Gasteiger partial charge on any atom is 0.335 e. The summed E-state index contributed by atoms with van der Waals surface area (Å²) in [4.78, 5) is 38.1. The molecule has 0 saturated carbocycles. The quantitative estimate of drug-likeness (QED) is 0.234.